The Morgan fingerprint density at radius 3 is 2.75 bits per heavy atom. The van der Waals surface area contributed by atoms with E-state index in [0.29, 0.717) is 31.3 Å². The average Bonchev–Trinajstić information content (AvgIpc) is 2.81. The van der Waals surface area contributed by atoms with Crippen LogP contribution in [0, 0.1) is 0 Å². The van der Waals surface area contributed by atoms with Crippen molar-refractivity contribution < 1.29 is 17.9 Å². The van der Waals surface area contributed by atoms with Crippen LogP contribution < -0.4 is 5.32 Å². The van der Waals surface area contributed by atoms with Crippen molar-refractivity contribution in [1.82, 2.24) is 14.6 Å². The molecule has 0 unspecified atom stereocenters. The molecule has 1 aromatic heterocycles. The molecule has 2 saturated heterocycles. The first-order chi connectivity index (χ1) is 11.6. The smallest absolute Gasteiger partial charge is 0.244 e. The number of morpholine rings is 1. The van der Waals surface area contributed by atoms with Gasteiger partial charge in [-0.1, -0.05) is 18.2 Å². The van der Waals surface area contributed by atoms with Crippen molar-refractivity contribution in [3.05, 3.63) is 18.3 Å². The van der Waals surface area contributed by atoms with E-state index in [0.717, 1.165) is 25.8 Å². The molecule has 2 aliphatic heterocycles. The lowest BCUT2D eigenvalue weighted by atomic mass is 10.2. The van der Waals surface area contributed by atoms with Gasteiger partial charge in [0.2, 0.25) is 15.9 Å². The zero-order valence-corrected chi connectivity index (χ0v) is 14.9. The van der Waals surface area contributed by atoms with Crippen molar-refractivity contribution in [3.63, 3.8) is 0 Å². The third kappa shape index (κ3) is 4.08. The highest BCUT2D eigenvalue weighted by molar-refractivity contribution is 8.00. The second-order valence-corrected chi connectivity index (χ2v) is 8.90. The fraction of sp³-hybridized carbons (Fsp3) is 0.600. The minimum atomic E-state index is -3.53. The van der Waals surface area contributed by atoms with Gasteiger partial charge in [0.05, 0.1) is 23.5 Å². The molecule has 1 aromatic rings. The molecule has 3 rings (SSSR count). The van der Waals surface area contributed by atoms with Crippen LogP contribution in [-0.4, -0.2) is 61.7 Å². The minimum Gasteiger partial charge on any atom is -0.379 e. The quantitative estimate of drug-likeness (QED) is 0.845. The fourth-order valence-corrected chi connectivity index (χ4v) is 5.07. The van der Waals surface area contributed by atoms with Crippen LogP contribution in [0.25, 0.3) is 0 Å². The van der Waals surface area contributed by atoms with E-state index in [1.165, 1.54) is 22.3 Å². The molecule has 1 amide bonds. The Morgan fingerprint density at radius 2 is 2.04 bits per heavy atom. The number of amides is 1. The molecule has 0 saturated carbocycles. The van der Waals surface area contributed by atoms with Crippen LogP contribution in [0.4, 0.5) is 0 Å². The molecule has 132 valence electrons. The Morgan fingerprint density at radius 1 is 1.25 bits per heavy atom. The largest absolute Gasteiger partial charge is 0.379 e. The number of rotatable bonds is 4. The normalized spacial score (nSPS) is 23.5. The van der Waals surface area contributed by atoms with Gasteiger partial charge in [-0.3, -0.25) is 4.79 Å². The fourth-order valence-electron chi connectivity index (χ4n) is 2.69. The predicted octanol–water partition coefficient (Wildman–Crippen LogP) is 0.863. The lowest BCUT2D eigenvalue weighted by molar-refractivity contribution is -0.120. The molecule has 0 aliphatic carbocycles. The number of nitrogens with zero attached hydrogens (tertiary/aromatic N) is 2. The van der Waals surface area contributed by atoms with Gasteiger partial charge in [0.25, 0.3) is 0 Å². The average molecular weight is 371 g/mol. The maximum absolute atomic E-state index is 12.5. The van der Waals surface area contributed by atoms with E-state index in [-0.39, 0.29) is 16.1 Å². The number of aromatic nitrogens is 1. The molecule has 1 N–H and O–H groups in total. The van der Waals surface area contributed by atoms with E-state index in [1.54, 1.807) is 12.1 Å². The summed E-state index contributed by atoms with van der Waals surface area (Å²) in [5.41, 5.74) is 0. The summed E-state index contributed by atoms with van der Waals surface area (Å²) < 4.78 is 31.7. The SMILES string of the molecule is O=C1NCCCC[C@@H]1Sc1ccc(S(=O)(=O)N2CCOCC2)cn1. The molecule has 24 heavy (non-hydrogen) atoms. The zero-order valence-electron chi connectivity index (χ0n) is 13.3. The lowest BCUT2D eigenvalue weighted by Gasteiger charge is -2.25. The van der Waals surface area contributed by atoms with Crippen molar-refractivity contribution in [2.45, 2.75) is 34.4 Å². The van der Waals surface area contributed by atoms with Gasteiger partial charge in [0.1, 0.15) is 4.90 Å². The van der Waals surface area contributed by atoms with Gasteiger partial charge in [-0.15, -0.1) is 0 Å². The number of carbonyl (C=O) groups excluding carboxylic acids is 1. The summed E-state index contributed by atoms with van der Waals surface area (Å²) in [6, 6.07) is 3.24. The summed E-state index contributed by atoms with van der Waals surface area (Å²) in [5.74, 6) is 0.0318. The number of carbonyl (C=O) groups is 1. The van der Waals surface area contributed by atoms with E-state index >= 15 is 0 Å². The van der Waals surface area contributed by atoms with Crippen molar-refractivity contribution in [2.75, 3.05) is 32.8 Å². The summed E-state index contributed by atoms with van der Waals surface area (Å²) in [4.78, 5) is 16.4. The number of pyridine rings is 1. The van der Waals surface area contributed by atoms with Crippen molar-refractivity contribution in [1.29, 1.82) is 0 Å². The number of thioether (sulfide) groups is 1. The van der Waals surface area contributed by atoms with Crippen LogP contribution in [0.3, 0.4) is 0 Å². The van der Waals surface area contributed by atoms with Gasteiger partial charge in [-0.05, 0) is 25.0 Å². The summed E-state index contributed by atoms with van der Waals surface area (Å²) in [7, 11) is -3.53. The molecule has 0 radical (unpaired) electrons. The minimum absolute atomic E-state index is 0.0318. The van der Waals surface area contributed by atoms with Crippen molar-refractivity contribution in [2.24, 2.45) is 0 Å². The molecular formula is C15H21N3O4S2. The first kappa shape index (κ1) is 17.7. The first-order valence-electron chi connectivity index (χ1n) is 8.06. The number of hydrogen-bond donors (Lipinski definition) is 1. The maximum atomic E-state index is 12.5. The van der Waals surface area contributed by atoms with Gasteiger partial charge in [0, 0.05) is 25.8 Å². The van der Waals surface area contributed by atoms with Crippen LogP contribution >= 0.6 is 11.8 Å². The van der Waals surface area contributed by atoms with Crippen LogP contribution in [0.1, 0.15) is 19.3 Å². The second kappa shape index (κ2) is 7.81. The van der Waals surface area contributed by atoms with E-state index < -0.39 is 10.0 Å². The highest BCUT2D eigenvalue weighted by Crippen LogP contribution is 2.27. The van der Waals surface area contributed by atoms with E-state index in [2.05, 4.69) is 10.3 Å². The van der Waals surface area contributed by atoms with Crippen LogP contribution in [-0.2, 0) is 19.6 Å². The monoisotopic (exact) mass is 371 g/mol. The van der Waals surface area contributed by atoms with E-state index in [1.807, 2.05) is 0 Å². The molecule has 0 spiro atoms. The number of ether oxygens (including phenoxy) is 1. The van der Waals surface area contributed by atoms with Gasteiger partial charge in [-0.25, -0.2) is 13.4 Å². The Bertz CT molecular complexity index is 672. The van der Waals surface area contributed by atoms with Crippen molar-refractivity contribution >= 4 is 27.7 Å². The zero-order chi connectivity index (χ0) is 17.0. The summed E-state index contributed by atoms with van der Waals surface area (Å²) in [6.45, 7) is 2.27. The Hall–Kier alpha value is -1.16. The van der Waals surface area contributed by atoms with Gasteiger partial charge in [0.15, 0.2) is 0 Å². The van der Waals surface area contributed by atoms with Gasteiger partial charge in [-0.2, -0.15) is 4.31 Å². The van der Waals surface area contributed by atoms with Gasteiger partial charge >= 0.3 is 0 Å². The van der Waals surface area contributed by atoms with Crippen LogP contribution in [0.2, 0.25) is 0 Å². The molecule has 9 heteroatoms. The molecule has 3 heterocycles. The molecule has 0 aromatic carbocycles. The summed E-state index contributed by atoms with van der Waals surface area (Å²) in [5, 5.41) is 3.39. The Balaban J connectivity index is 1.69. The third-order valence-electron chi connectivity index (χ3n) is 4.06. The highest BCUT2D eigenvalue weighted by Gasteiger charge is 2.27. The second-order valence-electron chi connectivity index (χ2n) is 5.74. The molecule has 2 fully saturated rings. The first-order valence-corrected chi connectivity index (χ1v) is 10.4. The third-order valence-corrected chi connectivity index (χ3v) is 7.16. The molecular weight excluding hydrogens is 350 g/mol. The van der Waals surface area contributed by atoms with E-state index in [4.69, 9.17) is 4.74 Å². The van der Waals surface area contributed by atoms with Crippen molar-refractivity contribution in [3.8, 4) is 0 Å². The molecule has 2 aliphatic rings. The number of nitrogens with one attached hydrogen (secondary N) is 1. The predicted molar refractivity (Wildman–Crippen MR) is 90.3 cm³/mol. The Kier molecular flexibility index (Phi) is 5.75. The maximum Gasteiger partial charge on any atom is 0.244 e. The standard InChI is InChI=1S/C15H21N3O4S2/c19-15-13(3-1-2-6-16-15)23-14-5-4-12(11-17-14)24(20,21)18-7-9-22-10-8-18/h4-5,11,13H,1-3,6-10H2,(H,16,19)/t13-/m0/s1. The van der Waals surface area contributed by atoms with Gasteiger partial charge < -0.3 is 10.1 Å². The topological polar surface area (TPSA) is 88.6 Å². The molecule has 7 nitrogen and oxygen atoms in total. The lowest BCUT2D eigenvalue weighted by Crippen LogP contribution is -2.40. The molecule has 0 bridgehead atoms. The highest BCUT2D eigenvalue weighted by atomic mass is 32.2. The van der Waals surface area contributed by atoms with Crippen LogP contribution in [0.15, 0.2) is 28.3 Å². The molecule has 1 atom stereocenters. The van der Waals surface area contributed by atoms with E-state index in [9.17, 15) is 13.2 Å². The van der Waals surface area contributed by atoms with Crippen LogP contribution in [0.5, 0.6) is 0 Å². The number of hydrogen-bond acceptors (Lipinski definition) is 6. The summed E-state index contributed by atoms with van der Waals surface area (Å²) >= 11 is 1.39. The Labute approximate surface area is 146 Å². The summed E-state index contributed by atoms with van der Waals surface area (Å²) in [6.07, 6.45) is 4.18. The number of sulfonamides is 1.